The lowest BCUT2D eigenvalue weighted by Gasteiger charge is -2.36. The van der Waals surface area contributed by atoms with Crippen LogP contribution in [0.4, 0.5) is 26.3 Å². The zero-order valence-electron chi connectivity index (χ0n) is 7.97. The summed E-state index contributed by atoms with van der Waals surface area (Å²) >= 11 is 0. The summed E-state index contributed by atoms with van der Waals surface area (Å²) in [4.78, 5) is 0. The van der Waals surface area contributed by atoms with Gasteiger partial charge >= 0.3 is 12.4 Å². The van der Waals surface area contributed by atoms with Crippen molar-refractivity contribution >= 4 is 0 Å². The third-order valence-corrected chi connectivity index (χ3v) is 2.81. The number of halogens is 6. The lowest BCUT2D eigenvalue weighted by molar-refractivity contribution is -0.325. The van der Waals surface area contributed by atoms with E-state index in [2.05, 4.69) is 0 Å². The highest BCUT2D eigenvalue weighted by Crippen LogP contribution is 2.60. The Hall–Kier alpha value is -0.680. The molecule has 0 nitrogen and oxygen atoms in total. The zero-order chi connectivity index (χ0) is 11.9. The molecule has 0 aromatic carbocycles. The highest BCUT2D eigenvalue weighted by Gasteiger charge is 2.72. The molecular formula is C9H10F6. The minimum Gasteiger partial charge on any atom is -0.170 e. The predicted octanol–water partition coefficient (Wildman–Crippen LogP) is 4.23. The molecule has 0 unspecified atom stereocenters. The van der Waals surface area contributed by atoms with E-state index in [0.29, 0.717) is 0 Å². The second kappa shape index (κ2) is 3.42. The van der Waals surface area contributed by atoms with Gasteiger partial charge in [0.15, 0.2) is 5.41 Å². The van der Waals surface area contributed by atoms with E-state index < -0.39 is 29.8 Å². The molecule has 0 aromatic rings. The van der Waals surface area contributed by atoms with Crippen LogP contribution in [0.3, 0.4) is 0 Å². The number of hydrogen-bond donors (Lipinski definition) is 0. The topological polar surface area (TPSA) is 0 Å². The largest absolute Gasteiger partial charge is 0.406 e. The van der Waals surface area contributed by atoms with Crippen molar-refractivity contribution in [1.82, 2.24) is 0 Å². The second-order valence-corrected chi connectivity index (χ2v) is 3.52. The summed E-state index contributed by atoms with van der Waals surface area (Å²) in [6.07, 6.45) is -10.8. The summed E-state index contributed by atoms with van der Waals surface area (Å²) in [5.41, 5.74) is -4.16. The van der Waals surface area contributed by atoms with Crippen LogP contribution in [0.2, 0.25) is 0 Å². The second-order valence-electron chi connectivity index (χ2n) is 3.52. The molecule has 88 valence electrons. The molecule has 0 radical (unpaired) electrons. The van der Waals surface area contributed by atoms with E-state index in [1.807, 2.05) is 0 Å². The Balaban J connectivity index is 3.27. The first-order valence-electron chi connectivity index (χ1n) is 4.50. The fourth-order valence-electron chi connectivity index (χ4n) is 2.05. The van der Waals surface area contributed by atoms with Crippen molar-refractivity contribution in [2.75, 3.05) is 0 Å². The van der Waals surface area contributed by atoms with Crippen LogP contribution in [0.15, 0.2) is 11.6 Å². The molecule has 0 saturated heterocycles. The van der Waals surface area contributed by atoms with Crippen molar-refractivity contribution in [2.24, 2.45) is 5.41 Å². The molecule has 0 heterocycles. The Morgan fingerprint density at radius 2 is 1.60 bits per heavy atom. The van der Waals surface area contributed by atoms with Gasteiger partial charge in [-0.1, -0.05) is 18.6 Å². The van der Waals surface area contributed by atoms with Gasteiger partial charge in [0.25, 0.3) is 0 Å². The molecule has 0 N–H and O–H groups in total. The summed E-state index contributed by atoms with van der Waals surface area (Å²) < 4.78 is 75.5. The van der Waals surface area contributed by atoms with Crippen LogP contribution in [0.25, 0.3) is 0 Å². The summed E-state index contributed by atoms with van der Waals surface area (Å²) in [5.74, 6) is 0. The summed E-state index contributed by atoms with van der Waals surface area (Å²) in [5, 5.41) is 0. The van der Waals surface area contributed by atoms with E-state index in [9.17, 15) is 26.3 Å². The fourth-order valence-corrected chi connectivity index (χ4v) is 2.05. The van der Waals surface area contributed by atoms with Gasteiger partial charge < -0.3 is 0 Å². The van der Waals surface area contributed by atoms with Crippen LogP contribution >= 0.6 is 0 Å². The molecule has 0 atom stereocenters. The first-order valence-corrected chi connectivity index (χ1v) is 4.50. The molecule has 1 aliphatic carbocycles. The van der Waals surface area contributed by atoms with Gasteiger partial charge in [-0.05, 0) is 19.3 Å². The predicted molar refractivity (Wildman–Crippen MR) is 42.2 cm³/mol. The van der Waals surface area contributed by atoms with Crippen LogP contribution in [0.1, 0.15) is 26.2 Å². The molecule has 1 rings (SSSR count). The average molecular weight is 232 g/mol. The highest BCUT2D eigenvalue weighted by molar-refractivity contribution is 5.25. The Labute approximate surface area is 83.0 Å². The van der Waals surface area contributed by atoms with Gasteiger partial charge in [0.2, 0.25) is 0 Å². The molecule has 0 aliphatic heterocycles. The molecular weight excluding hydrogens is 222 g/mol. The van der Waals surface area contributed by atoms with Crippen molar-refractivity contribution in [3.05, 3.63) is 11.6 Å². The van der Waals surface area contributed by atoms with Crippen molar-refractivity contribution < 1.29 is 26.3 Å². The normalized spacial score (nSPS) is 21.7. The van der Waals surface area contributed by atoms with E-state index in [-0.39, 0.29) is 12.8 Å². The summed E-state index contributed by atoms with van der Waals surface area (Å²) in [6, 6.07) is 0. The van der Waals surface area contributed by atoms with Crippen molar-refractivity contribution in [3.8, 4) is 0 Å². The number of hydrogen-bond acceptors (Lipinski definition) is 0. The Morgan fingerprint density at radius 3 is 1.87 bits per heavy atom. The minimum atomic E-state index is -5.26. The van der Waals surface area contributed by atoms with Crippen LogP contribution in [-0.4, -0.2) is 12.4 Å². The van der Waals surface area contributed by atoms with Crippen molar-refractivity contribution in [2.45, 2.75) is 38.5 Å². The molecule has 0 spiro atoms. The fraction of sp³-hybridized carbons (Fsp3) is 0.778. The molecule has 0 amide bonds. The van der Waals surface area contributed by atoms with E-state index in [1.54, 1.807) is 0 Å². The third-order valence-electron chi connectivity index (χ3n) is 2.81. The SMILES string of the molecule is CCC1=CCCC1(C(F)(F)F)C(F)(F)F. The number of alkyl halides is 6. The average Bonchev–Trinajstić information content (AvgIpc) is 2.44. The molecule has 0 bridgehead atoms. The van der Waals surface area contributed by atoms with Gasteiger partial charge in [-0.25, -0.2) is 0 Å². The maximum atomic E-state index is 12.6. The monoisotopic (exact) mass is 232 g/mol. The third kappa shape index (κ3) is 1.63. The molecule has 6 heteroatoms. The maximum Gasteiger partial charge on any atom is 0.406 e. The number of rotatable bonds is 1. The Kier molecular flexibility index (Phi) is 2.82. The standard InChI is InChI=1S/C9H10F6/c1-2-6-4-3-5-7(6,8(10,11)12)9(13,14)15/h4H,2-3,5H2,1H3. The zero-order valence-corrected chi connectivity index (χ0v) is 7.97. The van der Waals surface area contributed by atoms with Crippen LogP contribution < -0.4 is 0 Å². The van der Waals surface area contributed by atoms with Gasteiger partial charge in [-0.2, -0.15) is 26.3 Å². The van der Waals surface area contributed by atoms with E-state index in [1.165, 1.54) is 6.92 Å². The van der Waals surface area contributed by atoms with Gasteiger partial charge in [0.05, 0.1) is 0 Å². The van der Waals surface area contributed by atoms with Gasteiger partial charge in [0.1, 0.15) is 0 Å². The Morgan fingerprint density at radius 1 is 1.13 bits per heavy atom. The lowest BCUT2D eigenvalue weighted by Crippen LogP contribution is -2.49. The summed E-state index contributed by atoms with van der Waals surface area (Å²) in [6.45, 7) is 1.31. The maximum absolute atomic E-state index is 12.6. The van der Waals surface area contributed by atoms with Crippen LogP contribution in [0.5, 0.6) is 0 Å². The first kappa shape index (κ1) is 12.4. The smallest absolute Gasteiger partial charge is 0.170 e. The van der Waals surface area contributed by atoms with Crippen molar-refractivity contribution in [1.29, 1.82) is 0 Å². The van der Waals surface area contributed by atoms with Crippen LogP contribution in [0, 0.1) is 5.41 Å². The molecule has 0 saturated carbocycles. The molecule has 0 fully saturated rings. The van der Waals surface area contributed by atoms with Gasteiger partial charge in [-0.15, -0.1) is 0 Å². The first-order chi connectivity index (χ1) is 6.67. The summed E-state index contributed by atoms with van der Waals surface area (Å²) in [7, 11) is 0. The molecule has 1 aliphatic rings. The van der Waals surface area contributed by atoms with Gasteiger partial charge in [-0.3, -0.25) is 0 Å². The quantitative estimate of drug-likeness (QED) is 0.469. The van der Waals surface area contributed by atoms with E-state index >= 15 is 0 Å². The molecule has 0 aromatic heterocycles. The van der Waals surface area contributed by atoms with E-state index in [4.69, 9.17) is 0 Å². The number of allylic oxidation sites excluding steroid dienone is 2. The Bertz CT molecular complexity index is 255. The lowest BCUT2D eigenvalue weighted by atomic mass is 9.78. The van der Waals surface area contributed by atoms with Crippen molar-refractivity contribution in [3.63, 3.8) is 0 Å². The minimum absolute atomic E-state index is 0.164. The van der Waals surface area contributed by atoms with Gasteiger partial charge in [0, 0.05) is 0 Å². The van der Waals surface area contributed by atoms with E-state index in [0.717, 1.165) is 6.08 Å². The van der Waals surface area contributed by atoms with Crippen LogP contribution in [-0.2, 0) is 0 Å². The molecule has 15 heavy (non-hydrogen) atoms. The highest BCUT2D eigenvalue weighted by atomic mass is 19.4.